The highest BCUT2D eigenvalue weighted by Crippen LogP contribution is 2.21. The van der Waals surface area contributed by atoms with E-state index in [4.69, 9.17) is 11.6 Å². The van der Waals surface area contributed by atoms with Gasteiger partial charge in [-0.25, -0.2) is 8.42 Å². The van der Waals surface area contributed by atoms with Crippen LogP contribution in [0.4, 0.5) is 5.69 Å². The number of benzene rings is 3. The van der Waals surface area contributed by atoms with Crippen molar-refractivity contribution in [1.82, 2.24) is 4.31 Å². The number of carbonyl (C=O) groups is 1. The fourth-order valence-electron chi connectivity index (χ4n) is 2.89. The SMILES string of the molecule is Cc1cccc(CN(CC(=O)Nc2ccc(I)cc2)S(=O)(=O)c2ccc(Cl)cc2)c1. The fourth-order valence-corrected chi connectivity index (χ4v) is 4.76. The van der Waals surface area contributed by atoms with Crippen LogP contribution in [0.2, 0.25) is 5.02 Å². The lowest BCUT2D eigenvalue weighted by Gasteiger charge is -2.22. The number of amides is 1. The van der Waals surface area contributed by atoms with Crippen LogP contribution >= 0.6 is 34.2 Å². The lowest BCUT2D eigenvalue weighted by Crippen LogP contribution is -2.37. The van der Waals surface area contributed by atoms with Gasteiger partial charge in [-0.15, -0.1) is 0 Å². The second-order valence-corrected chi connectivity index (χ2v) is 10.4. The molecule has 3 aromatic carbocycles. The number of aryl methyl sites for hydroxylation is 1. The van der Waals surface area contributed by atoms with E-state index in [0.29, 0.717) is 10.7 Å². The topological polar surface area (TPSA) is 66.5 Å². The Labute approximate surface area is 195 Å². The van der Waals surface area contributed by atoms with Crippen LogP contribution in [-0.2, 0) is 21.4 Å². The predicted octanol–water partition coefficient (Wildman–Crippen LogP) is 5.08. The van der Waals surface area contributed by atoms with Crippen molar-refractivity contribution in [2.75, 3.05) is 11.9 Å². The van der Waals surface area contributed by atoms with Crippen molar-refractivity contribution in [3.63, 3.8) is 0 Å². The molecule has 0 atom stereocenters. The smallest absolute Gasteiger partial charge is 0.243 e. The number of nitrogens with zero attached hydrogens (tertiary/aromatic N) is 1. The number of sulfonamides is 1. The highest BCUT2D eigenvalue weighted by Gasteiger charge is 2.27. The summed E-state index contributed by atoms with van der Waals surface area (Å²) < 4.78 is 28.7. The minimum absolute atomic E-state index is 0.0761. The summed E-state index contributed by atoms with van der Waals surface area (Å²) in [6.45, 7) is 1.70. The molecule has 0 aliphatic rings. The molecule has 30 heavy (non-hydrogen) atoms. The van der Waals surface area contributed by atoms with Crippen molar-refractivity contribution in [3.05, 3.63) is 92.5 Å². The van der Waals surface area contributed by atoms with Crippen LogP contribution in [0.1, 0.15) is 11.1 Å². The van der Waals surface area contributed by atoms with Crippen molar-refractivity contribution in [3.8, 4) is 0 Å². The highest BCUT2D eigenvalue weighted by molar-refractivity contribution is 14.1. The quantitative estimate of drug-likeness (QED) is 0.414. The molecule has 0 bridgehead atoms. The number of anilines is 1. The number of carbonyl (C=O) groups excluding carboxylic acids is 1. The summed E-state index contributed by atoms with van der Waals surface area (Å²) in [5, 5.41) is 3.20. The first-order valence-corrected chi connectivity index (χ1v) is 12.0. The molecule has 0 spiro atoms. The van der Waals surface area contributed by atoms with Crippen LogP contribution in [0.5, 0.6) is 0 Å². The van der Waals surface area contributed by atoms with Crippen molar-refractivity contribution < 1.29 is 13.2 Å². The van der Waals surface area contributed by atoms with E-state index in [0.717, 1.165) is 14.7 Å². The standard InChI is InChI=1S/C22H20ClIN2O3S/c1-16-3-2-4-17(13-16)14-26(30(28,29)21-11-5-18(23)6-12-21)15-22(27)25-20-9-7-19(24)8-10-20/h2-13H,14-15H2,1H3,(H,25,27). The Bertz CT molecular complexity index is 1130. The Morgan fingerprint density at radius 2 is 1.70 bits per heavy atom. The molecule has 1 N–H and O–H groups in total. The molecule has 3 aromatic rings. The Morgan fingerprint density at radius 3 is 2.33 bits per heavy atom. The summed E-state index contributed by atoms with van der Waals surface area (Å²) in [5.74, 6) is -0.415. The third-order valence-electron chi connectivity index (χ3n) is 4.34. The van der Waals surface area contributed by atoms with Crippen molar-refractivity contribution in [1.29, 1.82) is 0 Å². The van der Waals surface area contributed by atoms with E-state index in [-0.39, 0.29) is 18.0 Å². The van der Waals surface area contributed by atoms with Gasteiger partial charge in [-0.1, -0.05) is 41.4 Å². The van der Waals surface area contributed by atoms with Crippen molar-refractivity contribution in [2.45, 2.75) is 18.4 Å². The van der Waals surface area contributed by atoms with E-state index < -0.39 is 15.9 Å². The average molecular weight is 555 g/mol. The Hall–Kier alpha value is -1.94. The minimum atomic E-state index is -3.91. The van der Waals surface area contributed by atoms with Crippen LogP contribution in [0, 0.1) is 10.5 Å². The number of nitrogens with one attached hydrogen (secondary N) is 1. The van der Waals surface area contributed by atoms with E-state index in [1.807, 2.05) is 43.3 Å². The number of halogens is 2. The zero-order chi connectivity index (χ0) is 21.7. The van der Waals surface area contributed by atoms with Gasteiger partial charge in [-0.2, -0.15) is 4.31 Å². The molecular weight excluding hydrogens is 535 g/mol. The van der Waals surface area contributed by atoms with Gasteiger partial charge in [0.2, 0.25) is 15.9 Å². The van der Waals surface area contributed by atoms with Gasteiger partial charge in [-0.3, -0.25) is 4.79 Å². The first-order valence-electron chi connectivity index (χ1n) is 9.11. The highest BCUT2D eigenvalue weighted by atomic mass is 127. The molecule has 0 aliphatic heterocycles. The van der Waals surface area contributed by atoms with Gasteiger partial charge in [0.1, 0.15) is 0 Å². The maximum Gasteiger partial charge on any atom is 0.243 e. The molecule has 5 nitrogen and oxygen atoms in total. The summed E-state index contributed by atoms with van der Waals surface area (Å²) in [5.41, 5.74) is 2.43. The number of rotatable bonds is 7. The van der Waals surface area contributed by atoms with Gasteiger partial charge >= 0.3 is 0 Å². The Kier molecular flexibility index (Phi) is 7.51. The first kappa shape index (κ1) is 22.7. The maximum absolute atomic E-state index is 13.3. The largest absolute Gasteiger partial charge is 0.325 e. The molecule has 0 fully saturated rings. The van der Waals surface area contributed by atoms with E-state index in [1.54, 1.807) is 12.1 Å². The first-order chi connectivity index (χ1) is 14.2. The molecule has 1 amide bonds. The lowest BCUT2D eigenvalue weighted by atomic mass is 10.1. The molecule has 0 heterocycles. The number of hydrogen-bond donors (Lipinski definition) is 1. The van der Waals surface area contributed by atoms with Gasteiger partial charge in [0, 0.05) is 20.8 Å². The molecule has 0 radical (unpaired) electrons. The molecule has 0 saturated carbocycles. The van der Waals surface area contributed by atoms with Crippen LogP contribution in [0.15, 0.2) is 77.7 Å². The second kappa shape index (κ2) is 9.91. The third-order valence-corrected chi connectivity index (χ3v) is 7.12. The van der Waals surface area contributed by atoms with Crippen LogP contribution in [0.25, 0.3) is 0 Å². The van der Waals surface area contributed by atoms with Crippen molar-refractivity contribution >= 4 is 55.8 Å². The zero-order valence-corrected chi connectivity index (χ0v) is 19.9. The molecular formula is C22H20ClIN2O3S. The summed E-state index contributed by atoms with van der Waals surface area (Å²) in [4.78, 5) is 12.7. The van der Waals surface area contributed by atoms with Crippen LogP contribution < -0.4 is 5.32 Å². The van der Waals surface area contributed by atoms with Gasteiger partial charge in [0.25, 0.3) is 0 Å². The van der Waals surface area contributed by atoms with Gasteiger partial charge in [0.05, 0.1) is 11.4 Å². The average Bonchev–Trinajstić information content (AvgIpc) is 2.69. The van der Waals surface area contributed by atoms with Crippen molar-refractivity contribution in [2.24, 2.45) is 0 Å². The van der Waals surface area contributed by atoms with Crippen LogP contribution in [-0.4, -0.2) is 25.2 Å². The number of hydrogen-bond acceptors (Lipinski definition) is 3. The fraction of sp³-hybridized carbons (Fsp3) is 0.136. The summed E-state index contributed by atoms with van der Waals surface area (Å²) >= 11 is 8.08. The third kappa shape index (κ3) is 6.04. The molecule has 8 heteroatoms. The van der Waals surface area contributed by atoms with E-state index in [2.05, 4.69) is 27.9 Å². The van der Waals surface area contributed by atoms with E-state index >= 15 is 0 Å². The maximum atomic E-state index is 13.3. The predicted molar refractivity (Wildman–Crippen MR) is 128 cm³/mol. The molecule has 0 saturated heterocycles. The molecule has 0 aromatic heterocycles. The van der Waals surface area contributed by atoms with Gasteiger partial charge in [0.15, 0.2) is 0 Å². The molecule has 156 valence electrons. The molecule has 0 aliphatic carbocycles. The monoisotopic (exact) mass is 554 g/mol. The van der Waals surface area contributed by atoms with Gasteiger partial charge in [-0.05, 0) is 83.6 Å². The summed E-state index contributed by atoms with van der Waals surface area (Å²) in [7, 11) is -3.91. The summed E-state index contributed by atoms with van der Waals surface area (Å²) in [6.07, 6.45) is 0. The Morgan fingerprint density at radius 1 is 1.03 bits per heavy atom. The normalized spacial score (nSPS) is 11.5. The van der Waals surface area contributed by atoms with E-state index in [1.165, 1.54) is 28.6 Å². The zero-order valence-electron chi connectivity index (χ0n) is 16.2. The van der Waals surface area contributed by atoms with Crippen LogP contribution in [0.3, 0.4) is 0 Å². The second-order valence-electron chi connectivity index (χ2n) is 6.77. The lowest BCUT2D eigenvalue weighted by molar-refractivity contribution is -0.116. The molecule has 0 unspecified atom stereocenters. The Balaban J connectivity index is 1.87. The molecule has 3 rings (SSSR count). The minimum Gasteiger partial charge on any atom is -0.325 e. The van der Waals surface area contributed by atoms with E-state index in [9.17, 15) is 13.2 Å². The van der Waals surface area contributed by atoms with Gasteiger partial charge < -0.3 is 5.32 Å². The summed E-state index contributed by atoms with van der Waals surface area (Å²) in [6, 6.07) is 20.8.